The van der Waals surface area contributed by atoms with Crippen LogP contribution in [0.1, 0.15) is 26.4 Å². The number of nitrogens with one attached hydrogen (secondary N) is 1. The number of nitrogens with zero attached hydrogens (tertiary/aromatic N) is 1. The molecule has 0 saturated heterocycles. The van der Waals surface area contributed by atoms with Crippen molar-refractivity contribution in [3.05, 3.63) is 56.9 Å². The van der Waals surface area contributed by atoms with E-state index in [0.717, 1.165) is 27.0 Å². The molecule has 0 bridgehead atoms. The van der Waals surface area contributed by atoms with Crippen molar-refractivity contribution in [2.45, 2.75) is 13.3 Å². The number of benzene rings is 1. The van der Waals surface area contributed by atoms with Crippen LogP contribution in [0.4, 0.5) is 5.00 Å². The lowest BCUT2D eigenvalue weighted by Gasteiger charge is -2.18. The van der Waals surface area contributed by atoms with Gasteiger partial charge in [0.05, 0.1) is 0 Å². The summed E-state index contributed by atoms with van der Waals surface area (Å²) in [6.07, 6.45) is 0.636. The van der Waals surface area contributed by atoms with Crippen molar-refractivity contribution < 1.29 is 9.90 Å². The van der Waals surface area contributed by atoms with E-state index >= 15 is 0 Å². The molecular weight excluding hydrogens is 364 g/mol. The molecule has 1 aliphatic heterocycles. The zero-order chi connectivity index (χ0) is 15.9. The molecule has 0 atom stereocenters. The molecule has 4 nitrogen and oxygen atoms in total. The average molecular weight is 377 g/mol. The van der Waals surface area contributed by atoms with Crippen LogP contribution in [0.2, 0.25) is 0 Å². The van der Waals surface area contributed by atoms with Crippen molar-refractivity contribution in [3.63, 3.8) is 0 Å². The van der Waals surface area contributed by atoms with Crippen LogP contribution in [-0.4, -0.2) is 16.9 Å². The Kier molecular flexibility index (Phi) is 3.88. The zero-order valence-corrected chi connectivity index (χ0v) is 14.2. The molecule has 6 heteroatoms. The maximum absolute atomic E-state index is 11.3. The standard InChI is InChI=1S/C16H13BrN2O2S/c1-8-13-9(2)18-12(7-10-4-3-5-11(17)6-10)19-15(13)22-14(8)16(20)21/h3-6H,2,7H2,1H3,(H,18,19)(H,20,21). The van der Waals surface area contributed by atoms with Gasteiger partial charge in [0.1, 0.15) is 15.7 Å². The lowest BCUT2D eigenvalue weighted by atomic mass is 10.1. The zero-order valence-electron chi connectivity index (χ0n) is 11.8. The van der Waals surface area contributed by atoms with Crippen molar-refractivity contribution in [3.8, 4) is 0 Å². The normalized spacial score (nSPS) is 13.4. The van der Waals surface area contributed by atoms with Gasteiger partial charge in [-0.25, -0.2) is 9.79 Å². The van der Waals surface area contributed by atoms with Crippen molar-refractivity contribution in [2.75, 3.05) is 0 Å². The smallest absolute Gasteiger partial charge is 0.346 e. The summed E-state index contributed by atoms with van der Waals surface area (Å²) in [6.45, 7) is 5.80. The van der Waals surface area contributed by atoms with E-state index in [1.165, 1.54) is 11.3 Å². The van der Waals surface area contributed by atoms with E-state index in [1.54, 1.807) is 6.92 Å². The van der Waals surface area contributed by atoms with E-state index < -0.39 is 5.97 Å². The molecule has 0 unspecified atom stereocenters. The van der Waals surface area contributed by atoms with Gasteiger partial charge < -0.3 is 10.4 Å². The first-order chi connectivity index (χ1) is 10.5. The van der Waals surface area contributed by atoms with Crippen molar-refractivity contribution in [2.24, 2.45) is 4.99 Å². The molecule has 1 aromatic heterocycles. The molecule has 0 radical (unpaired) electrons. The van der Waals surface area contributed by atoms with Gasteiger partial charge >= 0.3 is 5.97 Å². The molecule has 1 aromatic carbocycles. The number of thiophene rings is 1. The maximum atomic E-state index is 11.3. The molecule has 0 aliphatic carbocycles. The highest BCUT2D eigenvalue weighted by Crippen LogP contribution is 2.40. The van der Waals surface area contributed by atoms with E-state index in [9.17, 15) is 9.90 Å². The molecular formula is C16H13BrN2O2S. The van der Waals surface area contributed by atoms with Gasteiger partial charge in [0.15, 0.2) is 0 Å². The number of hydrogen-bond donors (Lipinski definition) is 2. The third kappa shape index (κ3) is 2.71. The molecule has 0 amide bonds. The summed E-state index contributed by atoms with van der Waals surface area (Å²) >= 11 is 4.65. The maximum Gasteiger partial charge on any atom is 0.346 e. The molecule has 22 heavy (non-hydrogen) atoms. The second-order valence-electron chi connectivity index (χ2n) is 5.01. The summed E-state index contributed by atoms with van der Waals surface area (Å²) in [7, 11) is 0. The molecule has 0 spiro atoms. The fourth-order valence-corrected chi connectivity index (χ4v) is 3.96. The average Bonchev–Trinajstić information content (AvgIpc) is 2.76. The minimum absolute atomic E-state index is 0.320. The van der Waals surface area contributed by atoms with Crippen molar-refractivity contribution >= 4 is 49.8 Å². The van der Waals surface area contributed by atoms with Gasteiger partial charge in [-0.3, -0.25) is 0 Å². The minimum Gasteiger partial charge on any atom is -0.477 e. The Hall–Kier alpha value is -1.92. The number of carboxylic acids is 1. The van der Waals surface area contributed by atoms with Crippen LogP contribution in [0.5, 0.6) is 0 Å². The second-order valence-corrected chi connectivity index (χ2v) is 6.92. The predicted octanol–water partition coefficient (Wildman–Crippen LogP) is 4.36. The third-order valence-electron chi connectivity index (χ3n) is 3.42. The lowest BCUT2D eigenvalue weighted by Crippen LogP contribution is -2.26. The van der Waals surface area contributed by atoms with Gasteiger partial charge in [-0.1, -0.05) is 34.6 Å². The Morgan fingerprint density at radius 1 is 1.50 bits per heavy atom. The predicted molar refractivity (Wildman–Crippen MR) is 93.1 cm³/mol. The van der Waals surface area contributed by atoms with Crippen LogP contribution in [0, 0.1) is 6.92 Å². The molecule has 0 saturated carbocycles. The topological polar surface area (TPSA) is 61.7 Å². The highest BCUT2D eigenvalue weighted by atomic mass is 79.9. The van der Waals surface area contributed by atoms with Gasteiger partial charge in [-0.2, -0.15) is 0 Å². The summed E-state index contributed by atoms with van der Waals surface area (Å²) < 4.78 is 1.01. The van der Waals surface area contributed by atoms with Gasteiger partial charge in [0.25, 0.3) is 0 Å². The summed E-state index contributed by atoms with van der Waals surface area (Å²) in [5.74, 6) is -0.151. The summed E-state index contributed by atoms with van der Waals surface area (Å²) in [6, 6.07) is 8.00. The van der Waals surface area contributed by atoms with Crippen LogP contribution < -0.4 is 5.32 Å². The largest absolute Gasteiger partial charge is 0.477 e. The molecule has 3 rings (SSSR count). The summed E-state index contributed by atoms with van der Waals surface area (Å²) in [5, 5.41) is 13.1. The van der Waals surface area contributed by atoms with Gasteiger partial charge in [0, 0.05) is 22.2 Å². The quantitative estimate of drug-likeness (QED) is 0.835. The van der Waals surface area contributed by atoms with Gasteiger partial charge in [-0.15, -0.1) is 11.3 Å². The molecule has 2 N–H and O–H groups in total. The first kappa shape index (κ1) is 15.0. The number of halogens is 1. The van der Waals surface area contributed by atoms with Gasteiger partial charge in [0.2, 0.25) is 0 Å². The number of fused-ring (bicyclic) bond motifs is 1. The molecule has 112 valence electrons. The van der Waals surface area contributed by atoms with E-state index in [2.05, 4.69) is 32.8 Å². The molecule has 2 heterocycles. The van der Waals surface area contributed by atoms with E-state index in [1.807, 2.05) is 24.3 Å². The minimum atomic E-state index is -0.923. The second kappa shape index (κ2) is 5.70. The van der Waals surface area contributed by atoms with Crippen LogP contribution in [0.3, 0.4) is 0 Å². The Labute approximate surface area is 140 Å². The number of hydrogen-bond acceptors (Lipinski definition) is 4. The van der Waals surface area contributed by atoms with E-state index in [0.29, 0.717) is 22.0 Å². The van der Waals surface area contributed by atoms with Crippen LogP contribution in [0.25, 0.3) is 5.70 Å². The van der Waals surface area contributed by atoms with Crippen LogP contribution in [-0.2, 0) is 6.42 Å². The number of carbonyl (C=O) groups is 1. The molecule has 2 aromatic rings. The van der Waals surface area contributed by atoms with E-state index in [-0.39, 0.29) is 0 Å². The van der Waals surface area contributed by atoms with Gasteiger partial charge in [-0.05, 0) is 30.2 Å². The lowest BCUT2D eigenvalue weighted by molar-refractivity contribution is 0.0701. The molecule has 0 fully saturated rings. The van der Waals surface area contributed by atoms with Crippen LogP contribution >= 0.6 is 27.3 Å². The number of carboxylic acid groups (broad SMARTS) is 1. The fraction of sp³-hybridized carbons (Fsp3) is 0.125. The first-order valence-electron chi connectivity index (χ1n) is 6.60. The Balaban J connectivity index is 1.97. The Morgan fingerprint density at radius 2 is 2.27 bits per heavy atom. The third-order valence-corrected chi connectivity index (χ3v) is 5.08. The summed E-state index contributed by atoms with van der Waals surface area (Å²) in [4.78, 5) is 16.2. The number of amidine groups is 1. The number of aromatic carboxylic acids is 1. The number of rotatable bonds is 3. The summed E-state index contributed by atoms with van der Waals surface area (Å²) in [5.41, 5.74) is 3.34. The van der Waals surface area contributed by atoms with E-state index in [4.69, 9.17) is 0 Å². The highest BCUT2D eigenvalue weighted by molar-refractivity contribution is 9.10. The van der Waals surface area contributed by atoms with Crippen molar-refractivity contribution in [1.29, 1.82) is 0 Å². The number of aliphatic imine (C=N–C) groups is 1. The van der Waals surface area contributed by atoms with Crippen LogP contribution in [0.15, 0.2) is 40.3 Å². The highest BCUT2D eigenvalue weighted by Gasteiger charge is 2.25. The first-order valence-corrected chi connectivity index (χ1v) is 8.21. The fourth-order valence-electron chi connectivity index (χ4n) is 2.45. The molecule has 1 aliphatic rings. The monoisotopic (exact) mass is 376 g/mol. The van der Waals surface area contributed by atoms with Crippen molar-refractivity contribution in [1.82, 2.24) is 5.32 Å². The Morgan fingerprint density at radius 3 is 2.95 bits per heavy atom. The SMILES string of the molecule is C=C1NC(Cc2cccc(Br)c2)=Nc2sc(C(=O)O)c(C)c21. The Bertz CT molecular complexity index is 824.